The number of benzene rings is 1. The van der Waals surface area contributed by atoms with E-state index in [1.807, 2.05) is 43.0 Å². The molecule has 0 aromatic heterocycles. The van der Waals surface area contributed by atoms with E-state index < -0.39 is 0 Å². The second-order valence-corrected chi connectivity index (χ2v) is 6.08. The Balaban J connectivity index is 2.09. The van der Waals surface area contributed by atoms with Gasteiger partial charge in [-0.25, -0.2) is 0 Å². The molecule has 1 fully saturated rings. The maximum absolute atomic E-state index is 12.4. The molecule has 1 unspecified atom stereocenters. The fourth-order valence-electron chi connectivity index (χ4n) is 2.49. The van der Waals surface area contributed by atoms with Gasteiger partial charge in [0.2, 0.25) is 0 Å². The van der Waals surface area contributed by atoms with E-state index in [9.17, 15) is 4.79 Å². The number of nitrogens with zero attached hydrogens (tertiary/aromatic N) is 1. The molecule has 2 rings (SSSR count). The zero-order chi connectivity index (χ0) is 14.8. The molecule has 1 aliphatic carbocycles. The summed E-state index contributed by atoms with van der Waals surface area (Å²) in [6.07, 6.45) is 2.58. The molecule has 0 spiro atoms. The van der Waals surface area contributed by atoms with Crippen LogP contribution in [0.5, 0.6) is 0 Å². The maximum atomic E-state index is 12.4. The highest BCUT2D eigenvalue weighted by molar-refractivity contribution is 5.95. The Morgan fingerprint density at radius 2 is 2.00 bits per heavy atom. The molecule has 0 radical (unpaired) electrons. The maximum Gasteiger partial charge on any atom is 0.253 e. The number of carbonyl (C=O) groups excluding carboxylic acids is 1. The van der Waals surface area contributed by atoms with Gasteiger partial charge in [0.1, 0.15) is 0 Å². The molecule has 1 N–H and O–H groups in total. The Morgan fingerprint density at radius 3 is 2.55 bits per heavy atom. The zero-order valence-corrected chi connectivity index (χ0v) is 13.1. The Hall–Kier alpha value is -1.51. The van der Waals surface area contributed by atoms with Crippen molar-refractivity contribution in [3.8, 4) is 0 Å². The van der Waals surface area contributed by atoms with E-state index in [0.717, 1.165) is 24.3 Å². The first-order valence-electron chi connectivity index (χ1n) is 7.66. The molecule has 1 atom stereocenters. The number of carbonyl (C=O) groups is 1. The number of rotatable bonds is 6. The van der Waals surface area contributed by atoms with E-state index in [1.54, 1.807) is 0 Å². The molecule has 3 nitrogen and oxygen atoms in total. The van der Waals surface area contributed by atoms with Crippen LogP contribution in [0.15, 0.2) is 24.3 Å². The predicted octanol–water partition coefficient (Wildman–Crippen LogP) is 3.77. The van der Waals surface area contributed by atoms with Gasteiger partial charge in [-0.05, 0) is 57.2 Å². The summed E-state index contributed by atoms with van der Waals surface area (Å²) in [5.74, 6) is 0.115. The van der Waals surface area contributed by atoms with Crippen molar-refractivity contribution in [2.24, 2.45) is 5.41 Å². The Bertz CT molecular complexity index is 476. The summed E-state index contributed by atoms with van der Waals surface area (Å²) >= 11 is 0. The average molecular weight is 274 g/mol. The van der Waals surface area contributed by atoms with Gasteiger partial charge >= 0.3 is 0 Å². The molecule has 0 saturated heterocycles. The molecule has 1 amide bonds. The second-order valence-electron chi connectivity index (χ2n) is 6.08. The molecule has 0 bridgehead atoms. The van der Waals surface area contributed by atoms with Gasteiger partial charge in [-0.1, -0.05) is 13.0 Å². The Kier molecular flexibility index (Phi) is 4.36. The quantitative estimate of drug-likeness (QED) is 0.856. The summed E-state index contributed by atoms with van der Waals surface area (Å²) in [6, 6.07) is 8.32. The predicted molar refractivity (Wildman–Crippen MR) is 84.1 cm³/mol. The molecule has 1 aromatic carbocycles. The zero-order valence-electron chi connectivity index (χ0n) is 13.1. The first kappa shape index (κ1) is 14.9. The summed E-state index contributed by atoms with van der Waals surface area (Å²) in [4.78, 5) is 14.2. The Labute approximate surface area is 122 Å². The molecule has 1 aromatic rings. The second kappa shape index (κ2) is 5.86. The van der Waals surface area contributed by atoms with Crippen LogP contribution in [0, 0.1) is 5.41 Å². The highest BCUT2D eigenvalue weighted by Crippen LogP contribution is 2.48. The van der Waals surface area contributed by atoms with Crippen LogP contribution in [0.1, 0.15) is 50.9 Å². The number of nitrogens with one attached hydrogen (secondary N) is 1. The molecule has 110 valence electrons. The lowest BCUT2D eigenvalue weighted by Crippen LogP contribution is -2.30. The minimum Gasteiger partial charge on any atom is -0.382 e. The lowest BCUT2D eigenvalue weighted by atomic mass is 10.0. The van der Waals surface area contributed by atoms with E-state index >= 15 is 0 Å². The smallest absolute Gasteiger partial charge is 0.253 e. The van der Waals surface area contributed by atoms with Gasteiger partial charge in [-0.2, -0.15) is 0 Å². The molecule has 1 aliphatic rings. The third-order valence-electron chi connectivity index (χ3n) is 4.63. The van der Waals surface area contributed by atoms with E-state index in [2.05, 4.69) is 19.2 Å². The summed E-state index contributed by atoms with van der Waals surface area (Å²) in [6.45, 7) is 10.1. The topological polar surface area (TPSA) is 32.3 Å². The van der Waals surface area contributed by atoms with Crippen molar-refractivity contribution >= 4 is 11.6 Å². The van der Waals surface area contributed by atoms with E-state index in [-0.39, 0.29) is 5.91 Å². The number of amides is 1. The molecule has 3 heteroatoms. The SMILES string of the molecule is CCN(CC)C(=O)c1cccc(NC(C)C2(C)CC2)c1. The van der Waals surface area contributed by atoms with Crippen molar-refractivity contribution < 1.29 is 4.79 Å². The van der Waals surface area contributed by atoms with Crippen LogP contribution >= 0.6 is 0 Å². The molecular formula is C17H26N2O. The first-order chi connectivity index (χ1) is 9.50. The average Bonchev–Trinajstić information content (AvgIpc) is 3.20. The fourth-order valence-corrected chi connectivity index (χ4v) is 2.49. The standard InChI is InChI=1S/C17H26N2O/c1-5-19(6-2)16(20)14-8-7-9-15(12-14)18-13(3)17(4)10-11-17/h7-9,12-13,18H,5-6,10-11H2,1-4H3. The van der Waals surface area contributed by atoms with Gasteiger partial charge in [0.25, 0.3) is 5.91 Å². The monoisotopic (exact) mass is 274 g/mol. The summed E-state index contributed by atoms with van der Waals surface area (Å²) in [5, 5.41) is 3.54. The highest BCUT2D eigenvalue weighted by atomic mass is 16.2. The van der Waals surface area contributed by atoms with Gasteiger partial charge < -0.3 is 10.2 Å². The van der Waals surface area contributed by atoms with Crippen molar-refractivity contribution in [3.05, 3.63) is 29.8 Å². The third-order valence-corrected chi connectivity index (χ3v) is 4.63. The van der Waals surface area contributed by atoms with Crippen LogP contribution in [0.3, 0.4) is 0 Å². The van der Waals surface area contributed by atoms with E-state index in [4.69, 9.17) is 0 Å². The number of hydrogen-bond donors (Lipinski definition) is 1. The van der Waals surface area contributed by atoms with Crippen molar-refractivity contribution in [2.45, 2.75) is 46.6 Å². The number of anilines is 1. The molecule has 20 heavy (non-hydrogen) atoms. The van der Waals surface area contributed by atoms with Crippen LogP contribution in [-0.4, -0.2) is 29.9 Å². The lowest BCUT2D eigenvalue weighted by molar-refractivity contribution is 0.0773. The van der Waals surface area contributed by atoms with E-state index in [1.165, 1.54) is 12.8 Å². The summed E-state index contributed by atoms with van der Waals surface area (Å²) in [7, 11) is 0. The summed E-state index contributed by atoms with van der Waals surface area (Å²) in [5.41, 5.74) is 2.24. The van der Waals surface area contributed by atoms with Crippen molar-refractivity contribution in [1.29, 1.82) is 0 Å². The molecule has 0 heterocycles. The van der Waals surface area contributed by atoms with Crippen molar-refractivity contribution in [2.75, 3.05) is 18.4 Å². The molecule has 0 aliphatic heterocycles. The Morgan fingerprint density at radius 1 is 1.35 bits per heavy atom. The van der Waals surface area contributed by atoms with Crippen LogP contribution in [-0.2, 0) is 0 Å². The molecular weight excluding hydrogens is 248 g/mol. The molecule has 1 saturated carbocycles. The fraction of sp³-hybridized carbons (Fsp3) is 0.588. The van der Waals surface area contributed by atoms with Crippen LogP contribution in [0.25, 0.3) is 0 Å². The van der Waals surface area contributed by atoms with Gasteiger partial charge in [-0.3, -0.25) is 4.79 Å². The van der Waals surface area contributed by atoms with Gasteiger partial charge in [0, 0.05) is 30.4 Å². The van der Waals surface area contributed by atoms with Crippen LogP contribution < -0.4 is 5.32 Å². The van der Waals surface area contributed by atoms with Crippen molar-refractivity contribution in [1.82, 2.24) is 4.90 Å². The van der Waals surface area contributed by atoms with Gasteiger partial charge in [0.05, 0.1) is 0 Å². The lowest BCUT2D eigenvalue weighted by Gasteiger charge is -2.23. The highest BCUT2D eigenvalue weighted by Gasteiger charge is 2.42. The van der Waals surface area contributed by atoms with E-state index in [0.29, 0.717) is 11.5 Å². The number of hydrogen-bond acceptors (Lipinski definition) is 2. The van der Waals surface area contributed by atoms with Crippen LogP contribution in [0.2, 0.25) is 0 Å². The van der Waals surface area contributed by atoms with Crippen molar-refractivity contribution in [3.63, 3.8) is 0 Å². The van der Waals surface area contributed by atoms with Crippen LogP contribution in [0.4, 0.5) is 5.69 Å². The largest absolute Gasteiger partial charge is 0.382 e. The normalized spacial score (nSPS) is 17.4. The van der Waals surface area contributed by atoms with Gasteiger partial charge in [0.15, 0.2) is 0 Å². The minimum absolute atomic E-state index is 0.115. The van der Waals surface area contributed by atoms with Gasteiger partial charge in [-0.15, -0.1) is 0 Å². The minimum atomic E-state index is 0.115. The first-order valence-corrected chi connectivity index (χ1v) is 7.66. The third kappa shape index (κ3) is 3.14. The summed E-state index contributed by atoms with van der Waals surface area (Å²) < 4.78 is 0.